The number of nitrogens with one attached hydrogen (secondary N) is 1. The molecule has 0 aliphatic heterocycles. The molecule has 0 aliphatic carbocycles. The predicted molar refractivity (Wildman–Crippen MR) is 48.6 cm³/mol. The molecule has 0 spiro atoms. The van der Waals surface area contributed by atoms with Gasteiger partial charge < -0.3 is 10.1 Å². The number of ether oxygens (including phenoxy) is 1. The Kier molecular flexibility index (Phi) is 3.96. The Morgan fingerprint density at radius 2 is 2.08 bits per heavy atom. The molecule has 3 heteroatoms. The third-order valence-electron chi connectivity index (χ3n) is 1.59. The van der Waals surface area contributed by atoms with Crippen LogP contribution in [-0.2, 0) is 9.53 Å². The van der Waals surface area contributed by atoms with Crippen LogP contribution in [0.1, 0.15) is 20.8 Å². The van der Waals surface area contributed by atoms with Crippen LogP contribution in [-0.4, -0.2) is 19.1 Å². The topological polar surface area (TPSA) is 38.3 Å². The molecule has 0 rings (SSSR count). The summed E-state index contributed by atoms with van der Waals surface area (Å²) in [6.45, 7) is 9.24. The van der Waals surface area contributed by atoms with Crippen LogP contribution in [0, 0.1) is 5.41 Å². The summed E-state index contributed by atoms with van der Waals surface area (Å²) in [7, 11) is 1.74. The van der Waals surface area contributed by atoms with Crippen LogP contribution in [0.4, 0.5) is 0 Å². The second-order valence-corrected chi connectivity index (χ2v) is 3.69. The summed E-state index contributed by atoms with van der Waals surface area (Å²) >= 11 is 0. The average Bonchev–Trinajstić information content (AvgIpc) is 1.85. The molecule has 0 aromatic carbocycles. The van der Waals surface area contributed by atoms with Gasteiger partial charge in [0.1, 0.15) is 6.04 Å². The van der Waals surface area contributed by atoms with Gasteiger partial charge in [-0.25, -0.2) is 4.79 Å². The lowest BCUT2D eigenvalue weighted by molar-refractivity contribution is -0.143. The van der Waals surface area contributed by atoms with Crippen LogP contribution < -0.4 is 5.32 Å². The Morgan fingerprint density at radius 3 is 2.33 bits per heavy atom. The first-order valence-corrected chi connectivity index (χ1v) is 3.92. The van der Waals surface area contributed by atoms with Crippen molar-refractivity contribution in [1.29, 1.82) is 0 Å². The van der Waals surface area contributed by atoms with Crippen molar-refractivity contribution in [2.75, 3.05) is 7.05 Å². The zero-order chi connectivity index (χ0) is 9.78. The molecule has 0 unspecified atom stereocenters. The predicted octanol–water partition coefficient (Wildman–Crippen LogP) is 1.31. The third kappa shape index (κ3) is 3.05. The Morgan fingerprint density at radius 1 is 1.58 bits per heavy atom. The number of carbonyl (C=O) groups is 1. The van der Waals surface area contributed by atoms with Crippen LogP contribution >= 0.6 is 0 Å². The maximum Gasteiger partial charge on any atom is 0.328 e. The number of rotatable bonds is 3. The zero-order valence-corrected chi connectivity index (χ0v) is 8.18. The molecule has 0 bridgehead atoms. The van der Waals surface area contributed by atoms with Crippen molar-refractivity contribution in [2.45, 2.75) is 26.8 Å². The van der Waals surface area contributed by atoms with E-state index in [2.05, 4.69) is 16.6 Å². The largest absolute Gasteiger partial charge is 0.434 e. The summed E-state index contributed by atoms with van der Waals surface area (Å²) in [6, 6.07) is -0.296. The highest BCUT2D eigenvalue weighted by Crippen LogP contribution is 2.19. The molecule has 0 radical (unpaired) electrons. The Labute approximate surface area is 73.8 Å². The van der Waals surface area contributed by atoms with Gasteiger partial charge in [0.25, 0.3) is 0 Å². The first-order valence-electron chi connectivity index (χ1n) is 3.92. The highest BCUT2D eigenvalue weighted by Gasteiger charge is 2.30. The van der Waals surface area contributed by atoms with E-state index in [0.717, 1.165) is 6.26 Å². The first-order chi connectivity index (χ1) is 5.43. The van der Waals surface area contributed by atoms with Crippen LogP contribution in [0.15, 0.2) is 12.8 Å². The van der Waals surface area contributed by atoms with Crippen molar-refractivity contribution in [3.05, 3.63) is 12.8 Å². The second kappa shape index (κ2) is 4.26. The molecular formula is C9H17NO2. The smallest absolute Gasteiger partial charge is 0.328 e. The quantitative estimate of drug-likeness (QED) is 0.514. The lowest BCUT2D eigenvalue weighted by Crippen LogP contribution is -2.45. The van der Waals surface area contributed by atoms with Crippen LogP contribution in [0.3, 0.4) is 0 Å². The second-order valence-electron chi connectivity index (χ2n) is 3.69. The average molecular weight is 171 g/mol. The SMILES string of the molecule is C=COC(=O)[C@H](NC)C(C)(C)C. The summed E-state index contributed by atoms with van der Waals surface area (Å²) in [5, 5.41) is 2.90. The molecule has 1 atom stereocenters. The van der Waals surface area contributed by atoms with E-state index in [1.54, 1.807) is 7.05 Å². The molecule has 1 N–H and O–H groups in total. The molecule has 0 heterocycles. The van der Waals surface area contributed by atoms with Gasteiger partial charge in [0.2, 0.25) is 0 Å². The van der Waals surface area contributed by atoms with Gasteiger partial charge in [-0.2, -0.15) is 0 Å². The molecule has 0 saturated carbocycles. The molecule has 0 saturated heterocycles. The summed E-state index contributed by atoms with van der Waals surface area (Å²) in [5.41, 5.74) is -0.144. The Hall–Kier alpha value is -0.830. The zero-order valence-electron chi connectivity index (χ0n) is 8.18. The van der Waals surface area contributed by atoms with Gasteiger partial charge >= 0.3 is 5.97 Å². The molecule has 0 fully saturated rings. The summed E-state index contributed by atoms with van der Waals surface area (Å²) in [4.78, 5) is 11.3. The van der Waals surface area contributed by atoms with Crippen LogP contribution in [0.2, 0.25) is 0 Å². The van der Waals surface area contributed by atoms with Crippen molar-refractivity contribution in [3.63, 3.8) is 0 Å². The summed E-state index contributed by atoms with van der Waals surface area (Å²) in [6.07, 6.45) is 1.15. The maximum absolute atomic E-state index is 11.3. The monoisotopic (exact) mass is 171 g/mol. The van der Waals surface area contributed by atoms with Gasteiger partial charge in [-0.05, 0) is 12.5 Å². The molecule has 0 aromatic rings. The summed E-state index contributed by atoms with van der Waals surface area (Å²) in [5.74, 6) is -0.292. The molecule has 0 aromatic heterocycles. The lowest BCUT2D eigenvalue weighted by Gasteiger charge is -2.27. The van der Waals surface area contributed by atoms with Gasteiger partial charge in [-0.3, -0.25) is 0 Å². The van der Waals surface area contributed by atoms with Crippen molar-refractivity contribution >= 4 is 5.97 Å². The fraction of sp³-hybridized carbons (Fsp3) is 0.667. The minimum Gasteiger partial charge on any atom is -0.434 e. The van der Waals surface area contributed by atoms with Crippen molar-refractivity contribution in [2.24, 2.45) is 5.41 Å². The van der Waals surface area contributed by atoms with E-state index in [1.807, 2.05) is 20.8 Å². The molecular weight excluding hydrogens is 154 g/mol. The number of esters is 1. The minimum absolute atomic E-state index is 0.144. The standard InChI is InChI=1S/C9H17NO2/c1-6-12-8(11)7(10-5)9(2,3)4/h6-7,10H,1H2,2-5H3/t7-/m0/s1. The third-order valence-corrected chi connectivity index (χ3v) is 1.59. The van der Waals surface area contributed by atoms with E-state index in [4.69, 9.17) is 0 Å². The van der Waals surface area contributed by atoms with Gasteiger partial charge in [0.05, 0.1) is 6.26 Å². The highest BCUT2D eigenvalue weighted by molar-refractivity contribution is 5.77. The molecule has 70 valence electrons. The van der Waals surface area contributed by atoms with E-state index >= 15 is 0 Å². The Balaban J connectivity index is 4.34. The minimum atomic E-state index is -0.296. The summed E-state index contributed by atoms with van der Waals surface area (Å²) < 4.78 is 4.68. The fourth-order valence-electron chi connectivity index (χ4n) is 1.05. The molecule has 0 aliphatic rings. The highest BCUT2D eigenvalue weighted by atomic mass is 16.5. The molecule has 3 nitrogen and oxygen atoms in total. The van der Waals surface area contributed by atoms with Gasteiger partial charge in [-0.15, -0.1) is 0 Å². The van der Waals surface area contributed by atoms with Gasteiger partial charge in [-0.1, -0.05) is 27.4 Å². The van der Waals surface area contributed by atoms with E-state index in [0.29, 0.717) is 0 Å². The number of likely N-dealkylation sites (N-methyl/N-ethyl adjacent to an activating group) is 1. The molecule has 0 amide bonds. The maximum atomic E-state index is 11.3. The molecule has 12 heavy (non-hydrogen) atoms. The first kappa shape index (κ1) is 11.2. The van der Waals surface area contributed by atoms with Crippen molar-refractivity contribution < 1.29 is 9.53 Å². The number of hydrogen-bond donors (Lipinski definition) is 1. The van der Waals surface area contributed by atoms with Crippen LogP contribution in [0.5, 0.6) is 0 Å². The van der Waals surface area contributed by atoms with Gasteiger partial charge in [0.15, 0.2) is 0 Å². The van der Waals surface area contributed by atoms with Crippen molar-refractivity contribution in [3.8, 4) is 0 Å². The van der Waals surface area contributed by atoms with Crippen LogP contribution in [0.25, 0.3) is 0 Å². The van der Waals surface area contributed by atoms with Gasteiger partial charge in [0, 0.05) is 0 Å². The number of hydrogen-bond acceptors (Lipinski definition) is 3. The Bertz CT molecular complexity index is 170. The van der Waals surface area contributed by atoms with E-state index in [9.17, 15) is 4.79 Å². The normalized spacial score (nSPS) is 13.7. The number of carbonyl (C=O) groups excluding carboxylic acids is 1. The fourth-order valence-corrected chi connectivity index (χ4v) is 1.05. The van der Waals surface area contributed by atoms with E-state index < -0.39 is 0 Å². The van der Waals surface area contributed by atoms with E-state index in [-0.39, 0.29) is 17.4 Å². The van der Waals surface area contributed by atoms with E-state index in [1.165, 1.54) is 0 Å². The lowest BCUT2D eigenvalue weighted by atomic mass is 9.87. The van der Waals surface area contributed by atoms with Crippen molar-refractivity contribution in [1.82, 2.24) is 5.32 Å².